The van der Waals surface area contributed by atoms with Crippen LogP contribution in [-0.2, 0) is 11.2 Å². The number of morpholine rings is 1. The number of aromatic nitrogens is 2. The second-order valence-corrected chi connectivity index (χ2v) is 8.32. The summed E-state index contributed by atoms with van der Waals surface area (Å²) in [6.45, 7) is 4.44. The minimum Gasteiger partial charge on any atom is -0.493 e. The molecule has 0 atom stereocenters. The van der Waals surface area contributed by atoms with Crippen molar-refractivity contribution in [1.29, 1.82) is 0 Å². The van der Waals surface area contributed by atoms with Gasteiger partial charge in [-0.05, 0) is 42.0 Å². The first-order chi connectivity index (χ1) is 16.6. The minimum atomic E-state index is -0.333. The summed E-state index contributed by atoms with van der Waals surface area (Å²) in [5.41, 5.74) is 4.61. The molecule has 1 aromatic heterocycles. The number of amides is 1. The molecule has 3 aromatic rings. The zero-order valence-corrected chi connectivity index (χ0v) is 19.3. The molecule has 0 radical (unpaired) electrons. The molecular weight excluding hydrogens is 439 g/mol. The number of fused-ring (bicyclic) bond motifs is 3. The van der Waals surface area contributed by atoms with Crippen LogP contribution in [0.5, 0.6) is 11.5 Å². The maximum atomic E-state index is 13.6. The van der Waals surface area contributed by atoms with Gasteiger partial charge in [-0.3, -0.25) is 9.69 Å². The first-order valence-corrected chi connectivity index (χ1v) is 11.3. The van der Waals surface area contributed by atoms with Gasteiger partial charge in [0.25, 0.3) is 5.91 Å². The van der Waals surface area contributed by atoms with Crippen LogP contribution in [-0.4, -0.2) is 74.2 Å². The Bertz CT molecular complexity index is 1200. The Hall–Kier alpha value is -3.43. The zero-order chi connectivity index (χ0) is 23.7. The summed E-state index contributed by atoms with van der Waals surface area (Å²) in [5, 5.41) is 7.69. The van der Waals surface area contributed by atoms with E-state index in [1.54, 1.807) is 31.0 Å². The fourth-order valence-electron chi connectivity index (χ4n) is 4.56. The molecule has 0 bridgehead atoms. The Kier molecular flexibility index (Phi) is 6.21. The van der Waals surface area contributed by atoms with Gasteiger partial charge in [-0.1, -0.05) is 0 Å². The number of carbonyl (C=O) groups is 1. The molecule has 1 aliphatic heterocycles. The lowest BCUT2D eigenvalue weighted by Gasteiger charge is -2.26. The molecule has 2 heterocycles. The van der Waals surface area contributed by atoms with Crippen molar-refractivity contribution < 1.29 is 23.4 Å². The molecular formula is C25H27FN4O4. The zero-order valence-electron chi connectivity index (χ0n) is 19.3. The van der Waals surface area contributed by atoms with E-state index in [0.717, 1.165) is 42.0 Å². The Morgan fingerprint density at radius 3 is 2.53 bits per heavy atom. The maximum absolute atomic E-state index is 13.6. The van der Waals surface area contributed by atoms with Crippen LogP contribution in [0.15, 0.2) is 36.4 Å². The molecule has 178 valence electrons. The van der Waals surface area contributed by atoms with Gasteiger partial charge in [-0.2, -0.15) is 5.10 Å². The van der Waals surface area contributed by atoms with Crippen molar-refractivity contribution >= 4 is 5.91 Å². The molecule has 2 aliphatic rings. The van der Waals surface area contributed by atoms with E-state index in [1.807, 2.05) is 12.1 Å². The Morgan fingerprint density at radius 1 is 1.12 bits per heavy atom. The lowest BCUT2D eigenvalue weighted by molar-refractivity contribution is 0.0383. The lowest BCUT2D eigenvalue weighted by Crippen LogP contribution is -2.41. The Balaban J connectivity index is 1.49. The van der Waals surface area contributed by atoms with Crippen molar-refractivity contribution in [2.45, 2.75) is 6.42 Å². The van der Waals surface area contributed by atoms with Gasteiger partial charge in [0, 0.05) is 43.7 Å². The number of carbonyl (C=O) groups excluding carboxylic acids is 1. The minimum absolute atomic E-state index is 0.225. The van der Waals surface area contributed by atoms with Gasteiger partial charge in [-0.25, -0.2) is 9.07 Å². The molecule has 1 N–H and O–H groups in total. The average Bonchev–Trinajstić information content (AvgIpc) is 3.41. The van der Waals surface area contributed by atoms with Crippen LogP contribution < -0.4 is 14.8 Å². The number of benzene rings is 2. The monoisotopic (exact) mass is 466 g/mol. The van der Waals surface area contributed by atoms with Crippen molar-refractivity contribution in [2.75, 3.05) is 53.6 Å². The van der Waals surface area contributed by atoms with E-state index in [0.29, 0.717) is 49.1 Å². The van der Waals surface area contributed by atoms with Crippen molar-refractivity contribution in [1.82, 2.24) is 20.0 Å². The molecule has 34 heavy (non-hydrogen) atoms. The highest BCUT2D eigenvalue weighted by Gasteiger charge is 2.32. The van der Waals surface area contributed by atoms with Gasteiger partial charge in [0.15, 0.2) is 17.2 Å². The normalized spacial score (nSPS) is 15.0. The van der Waals surface area contributed by atoms with Crippen molar-refractivity contribution in [3.05, 3.63) is 59.0 Å². The third kappa shape index (κ3) is 4.12. The maximum Gasteiger partial charge on any atom is 0.272 e. The van der Waals surface area contributed by atoms with E-state index >= 15 is 0 Å². The number of hydrogen-bond donors (Lipinski definition) is 1. The van der Waals surface area contributed by atoms with Crippen LogP contribution in [0.4, 0.5) is 4.39 Å². The van der Waals surface area contributed by atoms with E-state index < -0.39 is 0 Å². The van der Waals surface area contributed by atoms with Gasteiger partial charge in [0.05, 0.1) is 38.8 Å². The molecule has 1 aliphatic carbocycles. The number of methoxy groups -OCH3 is 2. The number of nitrogens with zero attached hydrogens (tertiary/aromatic N) is 3. The van der Waals surface area contributed by atoms with Gasteiger partial charge in [-0.15, -0.1) is 0 Å². The highest BCUT2D eigenvalue weighted by molar-refractivity contribution is 5.97. The summed E-state index contributed by atoms with van der Waals surface area (Å²) in [6.07, 6.45) is 0.540. The second-order valence-electron chi connectivity index (χ2n) is 8.32. The fourth-order valence-corrected chi connectivity index (χ4v) is 4.56. The smallest absolute Gasteiger partial charge is 0.272 e. The molecule has 5 rings (SSSR count). The van der Waals surface area contributed by atoms with Gasteiger partial charge in [0.1, 0.15) is 5.82 Å². The summed E-state index contributed by atoms with van der Waals surface area (Å²) < 4.78 is 31.7. The van der Waals surface area contributed by atoms with E-state index in [1.165, 1.54) is 12.1 Å². The van der Waals surface area contributed by atoms with Crippen LogP contribution in [0.1, 0.15) is 21.6 Å². The average molecular weight is 467 g/mol. The van der Waals surface area contributed by atoms with Crippen molar-refractivity contribution in [3.63, 3.8) is 0 Å². The first-order valence-electron chi connectivity index (χ1n) is 11.3. The molecule has 0 saturated carbocycles. The molecule has 0 unspecified atom stereocenters. The highest BCUT2D eigenvalue weighted by Crippen LogP contribution is 2.44. The summed E-state index contributed by atoms with van der Waals surface area (Å²) in [5.74, 6) is 0.666. The SMILES string of the molecule is COc1cc2c(cc1OC)-c1c(c(C(=O)NCCN3CCOCC3)nn1-c1ccc(F)cc1)C2. The van der Waals surface area contributed by atoms with Crippen LogP contribution >= 0.6 is 0 Å². The summed E-state index contributed by atoms with van der Waals surface area (Å²) >= 11 is 0. The number of rotatable bonds is 7. The van der Waals surface area contributed by atoms with E-state index in [9.17, 15) is 9.18 Å². The first kappa shape index (κ1) is 22.4. The van der Waals surface area contributed by atoms with Gasteiger partial charge >= 0.3 is 0 Å². The summed E-state index contributed by atoms with van der Waals surface area (Å²) in [7, 11) is 3.19. The summed E-state index contributed by atoms with van der Waals surface area (Å²) in [4.78, 5) is 15.5. The second kappa shape index (κ2) is 9.44. The molecule has 1 amide bonds. The molecule has 1 saturated heterocycles. The third-order valence-electron chi connectivity index (χ3n) is 6.32. The summed E-state index contributed by atoms with van der Waals surface area (Å²) in [6, 6.07) is 9.92. The number of halogens is 1. The number of ether oxygens (including phenoxy) is 3. The van der Waals surface area contributed by atoms with Crippen molar-refractivity contribution in [2.24, 2.45) is 0 Å². The van der Waals surface area contributed by atoms with E-state index in [-0.39, 0.29) is 11.7 Å². The number of hydrogen-bond acceptors (Lipinski definition) is 6. The topological polar surface area (TPSA) is 77.8 Å². The highest BCUT2D eigenvalue weighted by atomic mass is 19.1. The number of nitrogens with one attached hydrogen (secondary N) is 1. The lowest BCUT2D eigenvalue weighted by atomic mass is 10.1. The molecule has 2 aromatic carbocycles. The largest absolute Gasteiger partial charge is 0.493 e. The quantitative estimate of drug-likeness (QED) is 0.451. The van der Waals surface area contributed by atoms with Crippen LogP contribution in [0.25, 0.3) is 16.9 Å². The van der Waals surface area contributed by atoms with Crippen LogP contribution in [0.2, 0.25) is 0 Å². The third-order valence-corrected chi connectivity index (χ3v) is 6.32. The van der Waals surface area contributed by atoms with Crippen LogP contribution in [0, 0.1) is 5.82 Å². The Labute approximate surface area is 197 Å². The van der Waals surface area contributed by atoms with Crippen molar-refractivity contribution in [3.8, 4) is 28.4 Å². The van der Waals surface area contributed by atoms with Crippen LogP contribution in [0.3, 0.4) is 0 Å². The standard InChI is InChI=1S/C25H27FN4O4/c1-32-21-14-16-13-20-23(25(31)27-7-8-29-9-11-34-12-10-29)28-30(18-5-3-17(26)4-6-18)24(20)19(16)15-22(21)33-2/h3-6,14-15H,7-13H2,1-2H3,(H,27,31). The molecule has 0 spiro atoms. The Morgan fingerprint density at radius 2 is 1.82 bits per heavy atom. The molecule has 8 nitrogen and oxygen atoms in total. The molecule has 9 heteroatoms. The van der Waals surface area contributed by atoms with E-state index in [2.05, 4.69) is 15.3 Å². The fraction of sp³-hybridized carbons (Fsp3) is 0.360. The molecule has 1 fully saturated rings. The van der Waals surface area contributed by atoms with Gasteiger partial charge < -0.3 is 19.5 Å². The predicted octanol–water partition coefficient (Wildman–Crippen LogP) is 2.66. The van der Waals surface area contributed by atoms with Gasteiger partial charge in [0.2, 0.25) is 0 Å². The predicted molar refractivity (Wildman–Crippen MR) is 124 cm³/mol. The van der Waals surface area contributed by atoms with E-state index in [4.69, 9.17) is 14.2 Å².